The Morgan fingerprint density at radius 1 is 1.21 bits per heavy atom. The van der Waals surface area contributed by atoms with E-state index in [1.54, 1.807) is 0 Å². The Morgan fingerprint density at radius 2 is 2.00 bits per heavy atom. The molecular formula is C20H15FN2O4S. The maximum absolute atomic E-state index is 14.0. The number of rotatable bonds is 6. The number of hydrogen-bond acceptors (Lipinski definition) is 6. The molecule has 2 aromatic carbocycles. The smallest absolute Gasteiger partial charge is 0.331 e. The first-order chi connectivity index (χ1) is 13.4. The number of carbonyl (C=O) groups excluding carboxylic acids is 3. The number of Topliss-reactive ketones (excluding diaryl/α,β-unsaturated/α-hetero) is 1. The molecule has 0 fully saturated rings. The van der Waals surface area contributed by atoms with Gasteiger partial charge in [0.15, 0.2) is 6.61 Å². The summed E-state index contributed by atoms with van der Waals surface area (Å²) in [6.45, 7) is 0.692. The van der Waals surface area contributed by atoms with Gasteiger partial charge in [-0.25, -0.2) is 14.2 Å². The molecule has 3 rings (SSSR count). The lowest BCUT2D eigenvalue weighted by atomic mass is 10.1. The van der Waals surface area contributed by atoms with Crippen molar-refractivity contribution in [2.45, 2.75) is 6.92 Å². The number of ether oxygens (including phenoxy) is 1. The van der Waals surface area contributed by atoms with Gasteiger partial charge in [-0.3, -0.25) is 9.59 Å². The van der Waals surface area contributed by atoms with Crippen LogP contribution in [0.1, 0.15) is 22.3 Å². The van der Waals surface area contributed by atoms with Crippen molar-refractivity contribution in [2.75, 3.05) is 11.9 Å². The van der Waals surface area contributed by atoms with Crippen LogP contribution < -0.4 is 5.32 Å². The average molecular weight is 398 g/mol. The van der Waals surface area contributed by atoms with Gasteiger partial charge in [0.2, 0.25) is 11.7 Å². The zero-order valence-corrected chi connectivity index (χ0v) is 15.6. The van der Waals surface area contributed by atoms with E-state index < -0.39 is 24.2 Å². The number of fused-ring (bicyclic) bond motifs is 1. The molecule has 6 nitrogen and oxygen atoms in total. The minimum absolute atomic E-state index is 0.225. The summed E-state index contributed by atoms with van der Waals surface area (Å²) in [4.78, 5) is 39.2. The van der Waals surface area contributed by atoms with Crippen LogP contribution in [0.3, 0.4) is 0 Å². The molecule has 0 aliphatic heterocycles. The first kappa shape index (κ1) is 19.4. The van der Waals surface area contributed by atoms with Crippen molar-refractivity contribution in [1.29, 1.82) is 0 Å². The van der Waals surface area contributed by atoms with Crippen molar-refractivity contribution in [2.24, 2.45) is 0 Å². The van der Waals surface area contributed by atoms with Gasteiger partial charge in [0.05, 0.1) is 15.8 Å². The summed E-state index contributed by atoms with van der Waals surface area (Å²) >= 11 is 1.42. The summed E-state index contributed by atoms with van der Waals surface area (Å²) in [6.07, 6.45) is 2.67. The van der Waals surface area contributed by atoms with E-state index in [4.69, 9.17) is 4.74 Å². The third-order valence-electron chi connectivity index (χ3n) is 3.61. The number of esters is 1. The SMILES string of the molecule is CC(=O)Nc1ccc(C(=O)COC(=O)/C=C/c2nc3ccccc3s2)c(F)c1. The van der Waals surface area contributed by atoms with Crippen LogP contribution in [0.15, 0.2) is 48.5 Å². The summed E-state index contributed by atoms with van der Waals surface area (Å²) < 4.78 is 19.9. The van der Waals surface area contributed by atoms with Gasteiger partial charge in [-0.2, -0.15) is 0 Å². The van der Waals surface area contributed by atoms with Gasteiger partial charge in [0, 0.05) is 18.7 Å². The summed E-state index contributed by atoms with van der Waals surface area (Å²) in [5.41, 5.74) is 0.836. The number of halogens is 1. The Labute approximate surface area is 163 Å². The summed E-state index contributed by atoms with van der Waals surface area (Å²) in [5, 5.41) is 3.04. The predicted octanol–water partition coefficient (Wildman–Crippen LogP) is 3.83. The lowest BCUT2D eigenvalue weighted by Gasteiger charge is -2.06. The number of anilines is 1. The Bertz CT molecular complexity index is 1060. The second-order valence-electron chi connectivity index (χ2n) is 5.76. The quantitative estimate of drug-likeness (QED) is 0.387. The zero-order chi connectivity index (χ0) is 20.1. The van der Waals surface area contributed by atoms with Crippen LogP contribution >= 0.6 is 11.3 Å². The molecule has 0 saturated heterocycles. The third-order valence-corrected chi connectivity index (χ3v) is 4.61. The molecule has 0 radical (unpaired) electrons. The number of benzene rings is 2. The van der Waals surface area contributed by atoms with Crippen LogP contribution in [0.5, 0.6) is 0 Å². The molecule has 0 saturated carbocycles. The molecule has 1 N–H and O–H groups in total. The average Bonchev–Trinajstić information content (AvgIpc) is 3.07. The number of nitrogens with zero attached hydrogens (tertiary/aromatic N) is 1. The molecular weight excluding hydrogens is 383 g/mol. The van der Waals surface area contributed by atoms with Gasteiger partial charge in [0.25, 0.3) is 0 Å². The van der Waals surface area contributed by atoms with Crippen LogP contribution in [0.4, 0.5) is 10.1 Å². The predicted molar refractivity (Wildman–Crippen MR) is 105 cm³/mol. The number of hydrogen-bond donors (Lipinski definition) is 1. The molecule has 0 atom stereocenters. The van der Waals surface area contributed by atoms with E-state index in [9.17, 15) is 18.8 Å². The molecule has 3 aromatic rings. The van der Waals surface area contributed by atoms with Gasteiger partial charge in [-0.1, -0.05) is 12.1 Å². The van der Waals surface area contributed by atoms with E-state index in [1.165, 1.54) is 42.5 Å². The van der Waals surface area contributed by atoms with Crippen LogP contribution in [-0.4, -0.2) is 29.3 Å². The Hall–Kier alpha value is -3.39. The number of para-hydroxylation sites is 1. The van der Waals surface area contributed by atoms with E-state index in [1.807, 2.05) is 24.3 Å². The van der Waals surface area contributed by atoms with Crippen LogP contribution in [0, 0.1) is 5.82 Å². The number of ketones is 1. The van der Waals surface area contributed by atoms with Crippen molar-refractivity contribution < 1.29 is 23.5 Å². The Balaban J connectivity index is 1.57. The van der Waals surface area contributed by atoms with Gasteiger partial charge < -0.3 is 10.1 Å². The number of carbonyl (C=O) groups is 3. The van der Waals surface area contributed by atoms with Crippen molar-refractivity contribution in [3.05, 3.63) is 64.9 Å². The van der Waals surface area contributed by atoms with Crippen molar-refractivity contribution in [1.82, 2.24) is 4.98 Å². The van der Waals surface area contributed by atoms with Crippen LogP contribution in [-0.2, 0) is 14.3 Å². The Kier molecular flexibility index (Phi) is 5.90. The first-order valence-electron chi connectivity index (χ1n) is 8.23. The standard InChI is InChI=1S/C20H15FN2O4S/c1-12(24)22-13-6-7-14(15(21)10-13)17(25)11-27-20(26)9-8-19-23-16-4-2-3-5-18(16)28-19/h2-10H,11H2,1H3,(H,22,24)/b9-8+. The minimum atomic E-state index is -0.808. The van der Waals surface area contributed by atoms with Gasteiger partial charge in [-0.05, 0) is 36.4 Å². The van der Waals surface area contributed by atoms with Crippen LogP contribution in [0.25, 0.3) is 16.3 Å². The summed E-state index contributed by atoms with van der Waals surface area (Å²) in [5.74, 6) is -2.58. The van der Waals surface area contributed by atoms with E-state index in [0.717, 1.165) is 16.3 Å². The van der Waals surface area contributed by atoms with E-state index >= 15 is 0 Å². The molecule has 142 valence electrons. The van der Waals surface area contributed by atoms with Crippen molar-refractivity contribution in [3.8, 4) is 0 Å². The van der Waals surface area contributed by atoms with Crippen molar-refractivity contribution >= 4 is 51.0 Å². The topological polar surface area (TPSA) is 85.4 Å². The normalized spacial score (nSPS) is 10.9. The number of thiazole rings is 1. The zero-order valence-electron chi connectivity index (χ0n) is 14.8. The number of amides is 1. The molecule has 28 heavy (non-hydrogen) atoms. The van der Waals surface area contributed by atoms with Gasteiger partial charge in [-0.15, -0.1) is 11.3 Å². The van der Waals surface area contributed by atoms with E-state index in [0.29, 0.717) is 5.01 Å². The maximum atomic E-state index is 14.0. The van der Waals surface area contributed by atoms with Gasteiger partial charge >= 0.3 is 5.97 Å². The minimum Gasteiger partial charge on any atom is -0.454 e. The summed E-state index contributed by atoms with van der Waals surface area (Å²) in [7, 11) is 0. The fourth-order valence-electron chi connectivity index (χ4n) is 2.39. The number of aromatic nitrogens is 1. The van der Waals surface area contributed by atoms with Crippen molar-refractivity contribution in [3.63, 3.8) is 0 Å². The summed E-state index contributed by atoms with van der Waals surface area (Å²) in [6, 6.07) is 11.2. The highest BCUT2D eigenvalue weighted by Crippen LogP contribution is 2.22. The molecule has 0 aliphatic carbocycles. The fraction of sp³-hybridized carbons (Fsp3) is 0.100. The molecule has 0 bridgehead atoms. The van der Waals surface area contributed by atoms with Gasteiger partial charge in [0.1, 0.15) is 10.8 Å². The second-order valence-corrected chi connectivity index (χ2v) is 6.82. The lowest BCUT2D eigenvalue weighted by Crippen LogP contribution is -2.14. The Morgan fingerprint density at radius 3 is 2.71 bits per heavy atom. The maximum Gasteiger partial charge on any atom is 0.331 e. The molecule has 0 aliphatic rings. The molecule has 1 aromatic heterocycles. The molecule has 1 heterocycles. The highest BCUT2D eigenvalue weighted by atomic mass is 32.1. The first-order valence-corrected chi connectivity index (χ1v) is 9.05. The molecule has 8 heteroatoms. The molecule has 0 spiro atoms. The third kappa shape index (κ3) is 4.86. The number of nitrogens with one attached hydrogen (secondary N) is 1. The second kappa shape index (κ2) is 8.53. The molecule has 1 amide bonds. The van der Waals surface area contributed by atoms with E-state index in [2.05, 4.69) is 10.3 Å². The van der Waals surface area contributed by atoms with E-state index in [-0.39, 0.29) is 17.2 Å². The monoisotopic (exact) mass is 398 g/mol. The van der Waals surface area contributed by atoms with Crippen LogP contribution in [0.2, 0.25) is 0 Å². The lowest BCUT2D eigenvalue weighted by molar-refractivity contribution is -0.136. The highest BCUT2D eigenvalue weighted by molar-refractivity contribution is 7.19. The largest absolute Gasteiger partial charge is 0.454 e. The highest BCUT2D eigenvalue weighted by Gasteiger charge is 2.14. The fourth-order valence-corrected chi connectivity index (χ4v) is 3.26. The molecule has 0 unspecified atom stereocenters.